The molecule has 2 saturated heterocycles. The summed E-state index contributed by atoms with van der Waals surface area (Å²) < 4.78 is 11.2. The first-order valence-electron chi connectivity index (χ1n) is 11.0. The summed E-state index contributed by atoms with van der Waals surface area (Å²) in [6.07, 6.45) is 0.179. The Bertz CT molecular complexity index is 1100. The molecule has 2 fully saturated rings. The molecule has 1 unspecified atom stereocenters. The molecule has 0 radical (unpaired) electrons. The highest BCUT2D eigenvalue weighted by Crippen LogP contribution is 2.36. The zero-order valence-corrected chi connectivity index (χ0v) is 18.0. The van der Waals surface area contributed by atoms with Crippen molar-refractivity contribution in [3.63, 3.8) is 0 Å². The van der Waals surface area contributed by atoms with E-state index in [0.717, 1.165) is 5.69 Å². The number of nitro benzene ring substituents is 1. The number of piperazine rings is 1. The van der Waals surface area contributed by atoms with Crippen LogP contribution in [-0.4, -0.2) is 67.6 Å². The number of non-ortho nitro benzene ring substituents is 1. The average molecular weight is 452 g/mol. The van der Waals surface area contributed by atoms with Gasteiger partial charge in [0.05, 0.1) is 10.8 Å². The minimum atomic E-state index is -0.409. The third-order valence-corrected chi connectivity index (χ3v) is 6.31. The predicted molar refractivity (Wildman–Crippen MR) is 120 cm³/mol. The van der Waals surface area contributed by atoms with Crippen LogP contribution in [0.5, 0.6) is 11.5 Å². The number of rotatable bonds is 4. The van der Waals surface area contributed by atoms with Gasteiger partial charge in [0.15, 0.2) is 11.5 Å². The van der Waals surface area contributed by atoms with E-state index in [1.807, 2.05) is 17.0 Å². The number of hydrogen-bond donors (Lipinski definition) is 0. The molecule has 0 aromatic heterocycles. The molecule has 5 rings (SSSR count). The highest BCUT2D eigenvalue weighted by Gasteiger charge is 2.38. The van der Waals surface area contributed by atoms with E-state index in [0.29, 0.717) is 63.1 Å². The van der Waals surface area contributed by atoms with Gasteiger partial charge in [-0.15, -0.1) is 0 Å². The largest absolute Gasteiger partial charge is 0.486 e. The van der Waals surface area contributed by atoms with Gasteiger partial charge >= 0.3 is 0 Å². The molecule has 0 spiro atoms. The fraction of sp³-hybridized carbons (Fsp3) is 0.391. The summed E-state index contributed by atoms with van der Waals surface area (Å²) in [6.45, 7) is 3.49. The topological polar surface area (TPSA) is 105 Å². The van der Waals surface area contributed by atoms with Crippen molar-refractivity contribution in [3.8, 4) is 11.5 Å². The molecule has 3 aliphatic rings. The fourth-order valence-corrected chi connectivity index (χ4v) is 4.57. The van der Waals surface area contributed by atoms with Crippen LogP contribution >= 0.6 is 0 Å². The number of amides is 2. The molecule has 3 heterocycles. The zero-order chi connectivity index (χ0) is 22.9. The number of nitrogens with zero attached hydrogens (tertiary/aromatic N) is 4. The number of nitro groups is 1. The first kappa shape index (κ1) is 21.0. The molecule has 0 N–H and O–H groups in total. The van der Waals surface area contributed by atoms with Crippen LogP contribution in [0.1, 0.15) is 6.42 Å². The van der Waals surface area contributed by atoms with E-state index in [2.05, 4.69) is 0 Å². The van der Waals surface area contributed by atoms with Crippen molar-refractivity contribution in [1.29, 1.82) is 0 Å². The van der Waals surface area contributed by atoms with E-state index in [1.54, 1.807) is 34.1 Å². The minimum absolute atomic E-state index is 0.0258. The number of hydrogen-bond acceptors (Lipinski definition) is 7. The summed E-state index contributed by atoms with van der Waals surface area (Å²) >= 11 is 0. The Kier molecular flexibility index (Phi) is 5.49. The molecular weight excluding hydrogens is 428 g/mol. The SMILES string of the molecule is O=C(C1CC(=O)N(c2ccc3c(c2)OCCO3)C1)N1CCN(c2cccc([N+](=O)[O-])c2)CC1. The highest BCUT2D eigenvalue weighted by atomic mass is 16.6. The Labute approximate surface area is 190 Å². The fourth-order valence-electron chi connectivity index (χ4n) is 4.57. The van der Waals surface area contributed by atoms with Crippen molar-refractivity contribution in [2.45, 2.75) is 6.42 Å². The van der Waals surface area contributed by atoms with E-state index in [9.17, 15) is 19.7 Å². The number of ether oxygens (including phenoxy) is 2. The quantitative estimate of drug-likeness (QED) is 0.516. The normalized spacial score (nSPS) is 20.2. The van der Waals surface area contributed by atoms with E-state index < -0.39 is 10.8 Å². The number of carbonyl (C=O) groups is 2. The van der Waals surface area contributed by atoms with Crippen LogP contribution in [-0.2, 0) is 9.59 Å². The first-order valence-corrected chi connectivity index (χ1v) is 11.0. The van der Waals surface area contributed by atoms with Crippen LogP contribution in [0.4, 0.5) is 17.1 Å². The maximum absolute atomic E-state index is 13.1. The molecule has 10 nitrogen and oxygen atoms in total. The molecule has 2 amide bonds. The lowest BCUT2D eigenvalue weighted by Gasteiger charge is -2.37. The Morgan fingerprint density at radius 3 is 2.48 bits per heavy atom. The summed E-state index contributed by atoms with van der Waals surface area (Å²) in [7, 11) is 0. The van der Waals surface area contributed by atoms with Gasteiger partial charge in [0.25, 0.3) is 5.69 Å². The van der Waals surface area contributed by atoms with E-state index in [-0.39, 0.29) is 23.9 Å². The van der Waals surface area contributed by atoms with Gasteiger partial charge in [-0.3, -0.25) is 19.7 Å². The third-order valence-electron chi connectivity index (χ3n) is 6.31. The molecule has 172 valence electrons. The average Bonchev–Trinajstić information content (AvgIpc) is 3.25. The molecule has 0 saturated carbocycles. The van der Waals surface area contributed by atoms with Gasteiger partial charge in [0.1, 0.15) is 13.2 Å². The summed E-state index contributed by atoms with van der Waals surface area (Å²) in [5, 5.41) is 11.0. The van der Waals surface area contributed by atoms with Crippen molar-refractivity contribution < 1.29 is 24.0 Å². The van der Waals surface area contributed by atoms with Crippen molar-refractivity contribution in [3.05, 3.63) is 52.6 Å². The van der Waals surface area contributed by atoms with Gasteiger partial charge in [-0.1, -0.05) is 6.07 Å². The molecule has 33 heavy (non-hydrogen) atoms. The van der Waals surface area contributed by atoms with Gasteiger partial charge in [0, 0.05) is 68.7 Å². The molecule has 10 heteroatoms. The van der Waals surface area contributed by atoms with Gasteiger partial charge < -0.3 is 24.2 Å². The Balaban J connectivity index is 1.21. The Morgan fingerprint density at radius 1 is 0.970 bits per heavy atom. The maximum Gasteiger partial charge on any atom is 0.271 e. The van der Waals surface area contributed by atoms with E-state index in [1.165, 1.54) is 6.07 Å². The van der Waals surface area contributed by atoms with Crippen LogP contribution in [0.15, 0.2) is 42.5 Å². The van der Waals surface area contributed by atoms with Crippen molar-refractivity contribution >= 4 is 28.9 Å². The minimum Gasteiger partial charge on any atom is -0.486 e. The van der Waals surface area contributed by atoms with Crippen molar-refractivity contribution in [1.82, 2.24) is 4.90 Å². The number of anilines is 2. The van der Waals surface area contributed by atoms with Crippen molar-refractivity contribution in [2.24, 2.45) is 5.92 Å². The molecule has 3 aliphatic heterocycles. The molecule has 0 aliphatic carbocycles. The van der Waals surface area contributed by atoms with Gasteiger partial charge in [0.2, 0.25) is 11.8 Å². The second kappa shape index (κ2) is 8.61. The zero-order valence-electron chi connectivity index (χ0n) is 18.0. The molecule has 0 bridgehead atoms. The van der Waals surface area contributed by atoms with Gasteiger partial charge in [-0.2, -0.15) is 0 Å². The lowest BCUT2D eigenvalue weighted by Crippen LogP contribution is -2.50. The smallest absolute Gasteiger partial charge is 0.271 e. The Morgan fingerprint density at radius 2 is 1.73 bits per heavy atom. The summed E-state index contributed by atoms with van der Waals surface area (Å²) in [5.74, 6) is 0.766. The molecule has 2 aromatic rings. The summed E-state index contributed by atoms with van der Waals surface area (Å²) in [6, 6.07) is 11.9. The second-order valence-corrected chi connectivity index (χ2v) is 8.32. The van der Waals surface area contributed by atoms with E-state index in [4.69, 9.17) is 9.47 Å². The first-order chi connectivity index (χ1) is 16.0. The standard InChI is InChI=1S/C23H24N4O6/c28-22-12-16(15-26(22)18-4-5-20-21(14-18)33-11-10-32-20)23(29)25-8-6-24(7-9-25)17-2-1-3-19(13-17)27(30)31/h1-5,13-14,16H,6-12,15H2. The monoisotopic (exact) mass is 452 g/mol. The van der Waals surface area contributed by atoms with E-state index >= 15 is 0 Å². The number of carbonyl (C=O) groups excluding carboxylic acids is 2. The molecule has 1 atom stereocenters. The summed E-state index contributed by atoms with van der Waals surface area (Å²) in [5.41, 5.74) is 1.53. The van der Waals surface area contributed by atoms with Crippen LogP contribution in [0.25, 0.3) is 0 Å². The number of benzene rings is 2. The van der Waals surface area contributed by atoms with Crippen LogP contribution in [0.3, 0.4) is 0 Å². The second-order valence-electron chi connectivity index (χ2n) is 8.32. The molecule has 2 aromatic carbocycles. The molecular formula is C23H24N4O6. The maximum atomic E-state index is 13.1. The third kappa shape index (κ3) is 4.15. The number of fused-ring (bicyclic) bond motifs is 1. The van der Waals surface area contributed by atoms with Crippen LogP contribution in [0, 0.1) is 16.0 Å². The lowest BCUT2D eigenvalue weighted by molar-refractivity contribution is -0.384. The lowest BCUT2D eigenvalue weighted by atomic mass is 10.1. The van der Waals surface area contributed by atoms with Crippen molar-refractivity contribution in [2.75, 3.05) is 55.7 Å². The van der Waals surface area contributed by atoms with Gasteiger partial charge in [-0.25, -0.2) is 0 Å². The predicted octanol–water partition coefficient (Wildman–Crippen LogP) is 2.07. The van der Waals surface area contributed by atoms with Crippen LogP contribution in [0.2, 0.25) is 0 Å². The Hall–Kier alpha value is -3.82. The van der Waals surface area contributed by atoms with Crippen LogP contribution < -0.4 is 19.3 Å². The summed E-state index contributed by atoms with van der Waals surface area (Å²) in [4.78, 5) is 41.9. The highest BCUT2D eigenvalue weighted by molar-refractivity contribution is 6.00. The van der Waals surface area contributed by atoms with Gasteiger partial charge in [-0.05, 0) is 18.2 Å².